The molecule has 1 heterocycles. The minimum atomic E-state index is -0.614. The molecule has 1 aliphatic rings. The molecular weight excluding hydrogens is 188 g/mol. The Balaban J connectivity index is 2.47. The van der Waals surface area contributed by atoms with E-state index in [9.17, 15) is 4.79 Å². The first kappa shape index (κ1) is 7.02. The average molecular weight is 195 g/mol. The van der Waals surface area contributed by atoms with Gasteiger partial charge in [0.05, 0.1) is 6.42 Å². The average Bonchev–Trinajstić information content (AvgIpc) is 2.10. The summed E-state index contributed by atoms with van der Waals surface area (Å²) < 4.78 is 4.69. The molecule has 0 aromatic carbocycles. The molecule has 1 rings (SSSR count). The molecule has 3 nitrogen and oxygen atoms in total. The van der Waals surface area contributed by atoms with Gasteiger partial charge in [-0.05, 0) is 0 Å². The lowest BCUT2D eigenvalue weighted by Crippen LogP contribution is -2.21. The molecule has 0 bridgehead atoms. The third-order valence-corrected chi connectivity index (χ3v) is 1.88. The van der Waals surface area contributed by atoms with Crippen LogP contribution in [0.1, 0.15) is 6.42 Å². The van der Waals surface area contributed by atoms with E-state index in [0.29, 0.717) is 5.33 Å². The van der Waals surface area contributed by atoms with E-state index in [1.54, 1.807) is 0 Å². The van der Waals surface area contributed by atoms with Crippen LogP contribution in [0.15, 0.2) is 0 Å². The first-order chi connectivity index (χ1) is 4.24. The summed E-state index contributed by atoms with van der Waals surface area (Å²) in [6, 6.07) is 0. The van der Waals surface area contributed by atoms with Gasteiger partial charge in [0.1, 0.15) is 12.2 Å². The van der Waals surface area contributed by atoms with Crippen LogP contribution < -0.4 is 0 Å². The molecule has 0 aromatic heterocycles. The fourth-order valence-electron chi connectivity index (χ4n) is 0.732. The van der Waals surface area contributed by atoms with Crippen molar-refractivity contribution >= 4 is 21.9 Å². The van der Waals surface area contributed by atoms with Gasteiger partial charge in [-0.15, -0.1) is 0 Å². The van der Waals surface area contributed by atoms with Crippen molar-refractivity contribution in [3.63, 3.8) is 0 Å². The van der Waals surface area contributed by atoms with Crippen LogP contribution in [-0.2, 0) is 9.53 Å². The van der Waals surface area contributed by atoms with Crippen molar-refractivity contribution in [3.05, 3.63) is 0 Å². The van der Waals surface area contributed by atoms with Gasteiger partial charge in [0, 0.05) is 5.33 Å². The zero-order valence-corrected chi connectivity index (χ0v) is 6.30. The van der Waals surface area contributed by atoms with Crippen LogP contribution in [0.3, 0.4) is 0 Å². The Morgan fingerprint density at radius 2 is 2.56 bits per heavy atom. The number of alkyl halides is 1. The maximum atomic E-state index is 10.4. The third kappa shape index (κ3) is 1.43. The van der Waals surface area contributed by atoms with Crippen LogP contribution in [0.5, 0.6) is 0 Å². The Bertz CT molecular complexity index is 125. The predicted molar refractivity (Wildman–Crippen MR) is 34.3 cm³/mol. The molecule has 1 N–H and O–H groups in total. The molecule has 1 saturated heterocycles. The van der Waals surface area contributed by atoms with Gasteiger partial charge in [0.2, 0.25) is 0 Å². The monoisotopic (exact) mass is 194 g/mol. The van der Waals surface area contributed by atoms with Crippen LogP contribution in [0, 0.1) is 0 Å². The number of cyclic esters (lactones) is 1. The quantitative estimate of drug-likeness (QED) is 0.475. The Hall–Kier alpha value is -0.0900. The van der Waals surface area contributed by atoms with E-state index in [4.69, 9.17) is 5.11 Å². The number of esters is 1. The lowest BCUT2D eigenvalue weighted by atomic mass is 10.2. The number of carbonyl (C=O) groups excluding carboxylic acids is 1. The lowest BCUT2D eigenvalue weighted by Gasteiger charge is -2.06. The van der Waals surface area contributed by atoms with Gasteiger partial charge in [0.15, 0.2) is 0 Å². The SMILES string of the molecule is O=C1C[C@@H](O)[C@H](CBr)O1. The van der Waals surface area contributed by atoms with E-state index >= 15 is 0 Å². The second-order valence-electron chi connectivity index (χ2n) is 1.95. The molecule has 0 saturated carbocycles. The van der Waals surface area contributed by atoms with Gasteiger partial charge in [0.25, 0.3) is 0 Å². The molecule has 1 fully saturated rings. The topological polar surface area (TPSA) is 46.5 Å². The Morgan fingerprint density at radius 3 is 2.78 bits per heavy atom. The Morgan fingerprint density at radius 1 is 1.89 bits per heavy atom. The van der Waals surface area contributed by atoms with Crippen molar-refractivity contribution in [3.8, 4) is 0 Å². The van der Waals surface area contributed by atoms with Gasteiger partial charge in [-0.3, -0.25) is 4.79 Å². The molecule has 0 spiro atoms. The summed E-state index contributed by atoms with van der Waals surface area (Å²) in [5.41, 5.74) is 0. The highest BCUT2D eigenvalue weighted by Crippen LogP contribution is 2.15. The molecule has 9 heavy (non-hydrogen) atoms. The van der Waals surface area contributed by atoms with Crippen molar-refractivity contribution in [2.24, 2.45) is 0 Å². The van der Waals surface area contributed by atoms with Crippen molar-refractivity contribution in [2.75, 3.05) is 5.33 Å². The highest BCUT2D eigenvalue weighted by atomic mass is 79.9. The number of halogens is 1. The summed E-state index contributed by atoms with van der Waals surface area (Å²) in [4.78, 5) is 10.4. The van der Waals surface area contributed by atoms with Crippen molar-refractivity contribution in [2.45, 2.75) is 18.6 Å². The van der Waals surface area contributed by atoms with Gasteiger partial charge >= 0.3 is 5.97 Å². The number of rotatable bonds is 1. The summed E-state index contributed by atoms with van der Waals surface area (Å²) in [7, 11) is 0. The summed E-state index contributed by atoms with van der Waals surface area (Å²) in [6.07, 6.45) is -0.814. The second kappa shape index (κ2) is 2.66. The number of hydrogen-bond acceptors (Lipinski definition) is 3. The summed E-state index contributed by atoms with van der Waals surface area (Å²) in [5, 5.41) is 9.50. The van der Waals surface area contributed by atoms with E-state index in [-0.39, 0.29) is 18.5 Å². The Kier molecular flexibility index (Phi) is 2.08. The normalized spacial score (nSPS) is 34.7. The van der Waals surface area contributed by atoms with E-state index in [1.807, 2.05) is 0 Å². The molecular formula is C5H7BrO3. The second-order valence-corrected chi connectivity index (χ2v) is 2.60. The summed E-state index contributed by atoms with van der Waals surface area (Å²) in [5.74, 6) is -0.313. The fourth-order valence-corrected chi connectivity index (χ4v) is 1.30. The minimum Gasteiger partial charge on any atom is -0.459 e. The summed E-state index contributed by atoms with van der Waals surface area (Å²) in [6.45, 7) is 0. The first-order valence-electron chi connectivity index (χ1n) is 2.67. The van der Waals surface area contributed by atoms with Crippen LogP contribution in [0.4, 0.5) is 0 Å². The maximum absolute atomic E-state index is 10.4. The molecule has 1 aliphatic heterocycles. The van der Waals surface area contributed by atoms with E-state index in [2.05, 4.69) is 20.7 Å². The van der Waals surface area contributed by atoms with Gasteiger partial charge < -0.3 is 9.84 Å². The van der Waals surface area contributed by atoms with E-state index in [1.165, 1.54) is 0 Å². The fraction of sp³-hybridized carbons (Fsp3) is 0.800. The zero-order valence-electron chi connectivity index (χ0n) is 4.71. The van der Waals surface area contributed by atoms with Crippen LogP contribution >= 0.6 is 15.9 Å². The summed E-state index contributed by atoms with van der Waals surface area (Å²) >= 11 is 3.11. The van der Waals surface area contributed by atoms with E-state index < -0.39 is 6.10 Å². The molecule has 0 unspecified atom stereocenters. The highest BCUT2D eigenvalue weighted by Gasteiger charge is 2.31. The predicted octanol–water partition coefficient (Wildman–Crippen LogP) is 0.0577. The van der Waals surface area contributed by atoms with Gasteiger partial charge in [-0.25, -0.2) is 0 Å². The molecule has 0 amide bonds. The Labute approximate surface area is 61.1 Å². The van der Waals surface area contributed by atoms with Crippen molar-refractivity contribution < 1.29 is 14.6 Å². The van der Waals surface area contributed by atoms with Gasteiger partial charge in [-0.1, -0.05) is 15.9 Å². The molecule has 4 heteroatoms. The zero-order chi connectivity index (χ0) is 6.85. The number of hydrogen-bond donors (Lipinski definition) is 1. The number of ether oxygens (including phenoxy) is 1. The molecule has 52 valence electrons. The highest BCUT2D eigenvalue weighted by molar-refractivity contribution is 9.09. The van der Waals surface area contributed by atoms with Crippen LogP contribution in [-0.4, -0.2) is 28.6 Å². The van der Waals surface area contributed by atoms with Crippen LogP contribution in [0.25, 0.3) is 0 Å². The number of aliphatic hydroxyl groups excluding tert-OH is 1. The number of aliphatic hydroxyl groups is 1. The first-order valence-corrected chi connectivity index (χ1v) is 3.79. The maximum Gasteiger partial charge on any atom is 0.308 e. The smallest absolute Gasteiger partial charge is 0.308 e. The number of carbonyl (C=O) groups is 1. The molecule has 2 atom stereocenters. The minimum absolute atomic E-state index is 0.135. The largest absolute Gasteiger partial charge is 0.459 e. The van der Waals surface area contributed by atoms with Crippen molar-refractivity contribution in [1.82, 2.24) is 0 Å². The van der Waals surface area contributed by atoms with Crippen molar-refractivity contribution in [1.29, 1.82) is 0 Å². The van der Waals surface area contributed by atoms with E-state index in [0.717, 1.165) is 0 Å². The van der Waals surface area contributed by atoms with Crippen LogP contribution in [0.2, 0.25) is 0 Å². The lowest BCUT2D eigenvalue weighted by molar-refractivity contribution is -0.140. The molecule has 0 aromatic rings. The molecule has 0 radical (unpaired) electrons. The third-order valence-electron chi connectivity index (χ3n) is 1.24. The van der Waals surface area contributed by atoms with Gasteiger partial charge in [-0.2, -0.15) is 0 Å². The standard InChI is InChI=1S/C5H7BrO3/c6-2-4-3(7)1-5(8)9-4/h3-4,7H,1-2H2/t3-,4+/m1/s1. The molecule has 0 aliphatic carbocycles.